The average molecular weight is 305 g/mol. The van der Waals surface area contributed by atoms with Gasteiger partial charge in [0.15, 0.2) is 0 Å². The number of H-pyrrole nitrogens is 1. The number of para-hydroxylation sites is 1. The summed E-state index contributed by atoms with van der Waals surface area (Å²) in [5, 5.41) is 0.866. The van der Waals surface area contributed by atoms with Gasteiger partial charge in [0.05, 0.1) is 18.6 Å². The van der Waals surface area contributed by atoms with Crippen LogP contribution < -0.4 is 5.48 Å². The minimum Gasteiger partial charge on any atom is -0.360 e. The Kier molecular flexibility index (Phi) is 3.85. The number of aromatic amines is 1. The first-order valence-corrected chi connectivity index (χ1v) is 7.65. The van der Waals surface area contributed by atoms with Crippen LogP contribution in [0.3, 0.4) is 0 Å². The van der Waals surface area contributed by atoms with E-state index in [9.17, 15) is 9.59 Å². The highest BCUT2D eigenvalue weighted by Gasteiger charge is 2.35. The van der Waals surface area contributed by atoms with Crippen molar-refractivity contribution in [3.8, 4) is 0 Å². The molecule has 1 fully saturated rings. The number of hydroxylamine groups is 1. The van der Waals surface area contributed by atoms with Crippen LogP contribution >= 0.6 is 11.8 Å². The van der Waals surface area contributed by atoms with Gasteiger partial charge in [-0.3, -0.25) is 14.4 Å². The SMILES string of the molecule is CONC(=O)[C@@H]1CSCN1C(=O)c1c[nH]c2ccccc12. The number of nitrogens with zero attached hydrogens (tertiary/aromatic N) is 1. The zero-order valence-electron chi connectivity index (χ0n) is 11.5. The topological polar surface area (TPSA) is 74.4 Å². The van der Waals surface area contributed by atoms with Gasteiger partial charge in [-0.2, -0.15) is 0 Å². The fraction of sp³-hybridized carbons (Fsp3) is 0.286. The lowest BCUT2D eigenvalue weighted by Gasteiger charge is -2.22. The predicted molar refractivity (Wildman–Crippen MR) is 80.7 cm³/mol. The van der Waals surface area contributed by atoms with E-state index < -0.39 is 6.04 Å². The molecular formula is C14H15N3O3S. The lowest BCUT2D eigenvalue weighted by Crippen LogP contribution is -2.46. The van der Waals surface area contributed by atoms with Gasteiger partial charge in [0.1, 0.15) is 6.04 Å². The zero-order valence-corrected chi connectivity index (χ0v) is 12.3. The maximum atomic E-state index is 12.7. The van der Waals surface area contributed by atoms with Crippen molar-refractivity contribution in [2.24, 2.45) is 0 Å². The summed E-state index contributed by atoms with van der Waals surface area (Å²) in [6.07, 6.45) is 1.70. The Bertz CT molecular complexity index is 685. The number of thioether (sulfide) groups is 1. The molecule has 110 valence electrons. The molecule has 21 heavy (non-hydrogen) atoms. The van der Waals surface area contributed by atoms with E-state index in [0.29, 0.717) is 17.2 Å². The lowest BCUT2D eigenvalue weighted by molar-refractivity contribution is -0.134. The molecule has 1 aromatic heterocycles. The number of fused-ring (bicyclic) bond motifs is 1. The van der Waals surface area contributed by atoms with Gasteiger partial charge in [-0.05, 0) is 6.07 Å². The molecule has 3 rings (SSSR count). The number of aromatic nitrogens is 1. The minimum atomic E-state index is -0.504. The molecule has 0 unspecified atom stereocenters. The standard InChI is InChI=1S/C14H15N3O3S/c1-20-16-13(18)12-7-21-8-17(12)14(19)10-6-15-11-5-3-2-4-9(10)11/h2-6,12,15H,7-8H2,1H3,(H,16,18)/t12-/m0/s1. The van der Waals surface area contributed by atoms with Crippen LogP contribution in [0.5, 0.6) is 0 Å². The fourth-order valence-corrected chi connectivity index (χ4v) is 3.59. The molecule has 7 heteroatoms. The number of hydrogen-bond donors (Lipinski definition) is 2. The molecule has 6 nitrogen and oxygen atoms in total. The highest BCUT2D eigenvalue weighted by Crippen LogP contribution is 2.26. The van der Waals surface area contributed by atoms with Crippen LogP contribution in [0.4, 0.5) is 0 Å². The normalized spacial score (nSPS) is 18.1. The third kappa shape index (κ3) is 2.50. The number of nitrogens with one attached hydrogen (secondary N) is 2. The molecule has 1 aliphatic heterocycles. The molecule has 1 aromatic carbocycles. The predicted octanol–water partition coefficient (Wildman–Crippen LogP) is 1.36. The van der Waals surface area contributed by atoms with E-state index in [1.807, 2.05) is 24.3 Å². The molecule has 0 spiro atoms. The van der Waals surface area contributed by atoms with Gasteiger partial charge in [0.25, 0.3) is 11.8 Å². The van der Waals surface area contributed by atoms with Crippen molar-refractivity contribution in [3.63, 3.8) is 0 Å². The van der Waals surface area contributed by atoms with Crippen molar-refractivity contribution in [3.05, 3.63) is 36.0 Å². The Hall–Kier alpha value is -1.99. The zero-order chi connectivity index (χ0) is 14.8. The summed E-state index contributed by atoms with van der Waals surface area (Å²) in [5.41, 5.74) is 3.80. The van der Waals surface area contributed by atoms with E-state index in [0.717, 1.165) is 10.9 Å². The van der Waals surface area contributed by atoms with Gasteiger partial charge in [-0.1, -0.05) is 18.2 Å². The molecule has 2 aromatic rings. The number of carbonyl (C=O) groups excluding carboxylic acids is 2. The summed E-state index contributed by atoms with van der Waals surface area (Å²) < 4.78 is 0. The molecule has 2 N–H and O–H groups in total. The molecule has 1 atom stereocenters. The maximum absolute atomic E-state index is 12.7. The average Bonchev–Trinajstić information content (AvgIpc) is 3.14. The summed E-state index contributed by atoms with van der Waals surface area (Å²) >= 11 is 1.55. The quantitative estimate of drug-likeness (QED) is 0.840. The minimum absolute atomic E-state index is 0.145. The Morgan fingerprint density at radius 1 is 1.43 bits per heavy atom. The van der Waals surface area contributed by atoms with E-state index in [-0.39, 0.29) is 11.8 Å². The van der Waals surface area contributed by atoms with Gasteiger partial charge in [-0.15, -0.1) is 11.8 Å². The van der Waals surface area contributed by atoms with Crippen LogP contribution in [0, 0.1) is 0 Å². The third-order valence-electron chi connectivity index (χ3n) is 3.47. The molecule has 0 aliphatic carbocycles. The van der Waals surface area contributed by atoms with Crippen LogP contribution in [-0.4, -0.2) is 46.5 Å². The Balaban J connectivity index is 1.89. The Labute approximate surface area is 125 Å². The first kappa shape index (κ1) is 14.0. The Morgan fingerprint density at radius 3 is 3.05 bits per heavy atom. The second-order valence-corrected chi connectivity index (χ2v) is 5.71. The summed E-state index contributed by atoms with van der Waals surface area (Å²) in [6, 6.07) is 7.11. The number of amides is 2. The van der Waals surface area contributed by atoms with E-state index >= 15 is 0 Å². The van der Waals surface area contributed by atoms with Crippen molar-refractivity contribution < 1.29 is 14.4 Å². The highest BCUT2D eigenvalue weighted by atomic mass is 32.2. The fourth-order valence-electron chi connectivity index (χ4n) is 2.43. The van der Waals surface area contributed by atoms with Crippen LogP contribution in [0.15, 0.2) is 30.5 Å². The van der Waals surface area contributed by atoms with Crippen LogP contribution in [0.25, 0.3) is 10.9 Å². The van der Waals surface area contributed by atoms with Crippen LogP contribution in [0.2, 0.25) is 0 Å². The molecule has 2 amide bonds. The van der Waals surface area contributed by atoms with E-state index in [1.54, 1.807) is 22.9 Å². The van der Waals surface area contributed by atoms with Gasteiger partial charge in [-0.25, -0.2) is 5.48 Å². The maximum Gasteiger partial charge on any atom is 0.267 e. The van der Waals surface area contributed by atoms with Crippen molar-refractivity contribution in [2.45, 2.75) is 6.04 Å². The van der Waals surface area contributed by atoms with E-state index in [2.05, 4.69) is 15.3 Å². The number of rotatable bonds is 3. The smallest absolute Gasteiger partial charge is 0.267 e. The summed E-state index contributed by atoms with van der Waals surface area (Å²) in [7, 11) is 1.38. The summed E-state index contributed by atoms with van der Waals surface area (Å²) in [5.74, 6) is 0.632. The van der Waals surface area contributed by atoms with Gasteiger partial charge in [0.2, 0.25) is 0 Å². The molecule has 0 bridgehead atoms. The second kappa shape index (κ2) is 5.79. The lowest BCUT2D eigenvalue weighted by atomic mass is 10.1. The Morgan fingerprint density at radius 2 is 2.24 bits per heavy atom. The first-order valence-electron chi connectivity index (χ1n) is 6.50. The van der Waals surface area contributed by atoms with E-state index in [4.69, 9.17) is 0 Å². The van der Waals surface area contributed by atoms with Gasteiger partial charge in [0, 0.05) is 22.9 Å². The molecular weight excluding hydrogens is 290 g/mol. The monoisotopic (exact) mass is 305 g/mol. The number of carbonyl (C=O) groups is 2. The summed E-state index contributed by atoms with van der Waals surface area (Å²) in [6.45, 7) is 0. The van der Waals surface area contributed by atoms with Crippen LogP contribution in [-0.2, 0) is 9.63 Å². The number of benzene rings is 1. The molecule has 0 radical (unpaired) electrons. The van der Waals surface area contributed by atoms with Gasteiger partial charge < -0.3 is 9.88 Å². The summed E-state index contributed by atoms with van der Waals surface area (Å²) in [4.78, 5) is 34.0. The molecule has 1 saturated heterocycles. The van der Waals surface area contributed by atoms with Crippen molar-refractivity contribution in [2.75, 3.05) is 18.7 Å². The molecule has 2 heterocycles. The largest absolute Gasteiger partial charge is 0.360 e. The second-order valence-electron chi connectivity index (χ2n) is 4.71. The first-order chi connectivity index (χ1) is 10.2. The number of hydrogen-bond acceptors (Lipinski definition) is 4. The van der Waals surface area contributed by atoms with Crippen LogP contribution in [0.1, 0.15) is 10.4 Å². The molecule has 1 aliphatic rings. The molecule has 0 saturated carbocycles. The van der Waals surface area contributed by atoms with Crippen molar-refractivity contribution >= 4 is 34.5 Å². The third-order valence-corrected chi connectivity index (χ3v) is 4.48. The van der Waals surface area contributed by atoms with Crippen molar-refractivity contribution in [1.82, 2.24) is 15.4 Å². The highest BCUT2D eigenvalue weighted by molar-refractivity contribution is 7.99. The van der Waals surface area contributed by atoms with E-state index in [1.165, 1.54) is 7.11 Å². The van der Waals surface area contributed by atoms with Crippen molar-refractivity contribution in [1.29, 1.82) is 0 Å². The van der Waals surface area contributed by atoms with Gasteiger partial charge >= 0.3 is 0 Å².